The zero-order valence-corrected chi connectivity index (χ0v) is 18.8. The molecule has 1 aromatic carbocycles. The minimum absolute atomic E-state index is 0.0155. The Kier molecular flexibility index (Phi) is 6.05. The highest BCUT2D eigenvalue weighted by Gasteiger charge is 2.43. The summed E-state index contributed by atoms with van der Waals surface area (Å²) in [5, 5.41) is 11.8. The lowest BCUT2D eigenvalue weighted by Gasteiger charge is -2.19. The molecule has 3 rings (SSSR count). The highest BCUT2D eigenvalue weighted by atomic mass is 32.2. The monoisotopic (exact) mass is 438 g/mol. The zero-order valence-electron chi connectivity index (χ0n) is 17.2. The molecule has 0 aliphatic heterocycles. The van der Waals surface area contributed by atoms with Crippen LogP contribution in [0.25, 0.3) is 0 Å². The number of sulfone groups is 1. The second-order valence-corrected chi connectivity index (χ2v) is 11.7. The van der Waals surface area contributed by atoms with Gasteiger partial charge < -0.3 is 5.11 Å². The zero-order chi connectivity index (χ0) is 21.6. The van der Waals surface area contributed by atoms with Crippen molar-refractivity contribution < 1.29 is 22.7 Å². The van der Waals surface area contributed by atoms with Crippen molar-refractivity contribution in [3.63, 3.8) is 0 Å². The van der Waals surface area contributed by atoms with Gasteiger partial charge in [0.25, 0.3) is 0 Å². The van der Waals surface area contributed by atoms with Crippen LogP contribution >= 0.6 is 11.3 Å². The number of hydrogen-bond acceptors (Lipinski definition) is 5. The van der Waals surface area contributed by atoms with Crippen LogP contribution in [0.1, 0.15) is 74.6 Å². The summed E-state index contributed by atoms with van der Waals surface area (Å²) in [6.07, 6.45) is 1.22. The molecule has 4 nitrogen and oxygen atoms in total. The first-order valence-electron chi connectivity index (χ1n) is 9.81. The Balaban J connectivity index is 1.84. The minimum atomic E-state index is -3.78. The number of thiophene rings is 1. The number of Topliss-reactive ketones (excluding diaryl/α,β-unsaturated/α-hetero) is 1. The lowest BCUT2D eigenvalue weighted by molar-refractivity contribution is -0.116. The molecule has 0 radical (unpaired) electrons. The van der Waals surface area contributed by atoms with Gasteiger partial charge in [-0.05, 0) is 70.5 Å². The summed E-state index contributed by atoms with van der Waals surface area (Å²) in [4.78, 5) is 12.7. The Hall–Kier alpha value is -1.57. The maximum Gasteiger partial charge on any atom is 0.194 e. The van der Waals surface area contributed by atoms with Crippen molar-refractivity contribution in [1.82, 2.24) is 0 Å². The number of rotatable bonds is 8. The molecule has 2 aromatic rings. The van der Waals surface area contributed by atoms with Crippen molar-refractivity contribution in [2.24, 2.45) is 0 Å². The molecule has 29 heavy (non-hydrogen) atoms. The van der Waals surface area contributed by atoms with Crippen LogP contribution in [0.5, 0.6) is 0 Å². The Morgan fingerprint density at radius 3 is 2.17 bits per heavy atom. The summed E-state index contributed by atoms with van der Waals surface area (Å²) in [6, 6.07) is 4.36. The topological polar surface area (TPSA) is 71.4 Å². The fraction of sp³-hybridized carbons (Fsp3) is 0.500. The van der Waals surface area contributed by atoms with E-state index in [9.17, 15) is 22.7 Å². The van der Waals surface area contributed by atoms with Gasteiger partial charge in [0.1, 0.15) is 15.8 Å². The number of carbonyl (C=O) groups excluding carboxylic acids is 1. The van der Waals surface area contributed by atoms with Crippen molar-refractivity contribution in [3.05, 3.63) is 51.7 Å². The Morgan fingerprint density at radius 2 is 1.69 bits per heavy atom. The lowest BCUT2D eigenvalue weighted by Crippen LogP contribution is -2.19. The summed E-state index contributed by atoms with van der Waals surface area (Å²) in [6.45, 7) is 7.72. The van der Waals surface area contributed by atoms with E-state index in [4.69, 9.17) is 0 Å². The van der Waals surface area contributed by atoms with Gasteiger partial charge >= 0.3 is 0 Å². The molecule has 0 saturated heterocycles. The molecular formula is C22H27FO4S2. The van der Waals surface area contributed by atoms with Gasteiger partial charge in [0.15, 0.2) is 15.6 Å². The first-order chi connectivity index (χ1) is 13.4. The second kappa shape index (κ2) is 7.93. The van der Waals surface area contributed by atoms with Crippen LogP contribution in [-0.4, -0.2) is 25.1 Å². The van der Waals surface area contributed by atoms with Gasteiger partial charge in [0.2, 0.25) is 0 Å². The van der Waals surface area contributed by atoms with Crippen molar-refractivity contribution in [1.29, 1.82) is 0 Å². The smallest absolute Gasteiger partial charge is 0.194 e. The van der Waals surface area contributed by atoms with E-state index in [-0.39, 0.29) is 28.3 Å². The van der Waals surface area contributed by atoms with Gasteiger partial charge in [-0.25, -0.2) is 12.8 Å². The van der Waals surface area contributed by atoms with E-state index in [0.717, 1.165) is 28.0 Å². The molecule has 1 aromatic heterocycles. The quantitative estimate of drug-likeness (QED) is 0.648. The van der Waals surface area contributed by atoms with Gasteiger partial charge in [-0.1, -0.05) is 27.7 Å². The van der Waals surface area contributed by atoms with Gasteiger partial charge in [0, 0.05) is 6.42 Å². The molecule has 158 valence electrons. The largest absolute Gasteiger partial charge is 0.385 e. The third-order valence-corrected chi connectivity index (χ3v) is 8.60. The van der Waals surface area contributed by atoms with E-state index in [1.807, 2.05) is 27.7 Å². The predicted octanol–water partition coefficient (Wildman–Crippen LogP) is 4.70. The van der Waals surface area contributed by atoms with E-state index in [0.29, 0.717) is 18.4 Å². The molecule has 1 saturated carbocycles. The Morgan fingerprint density at radius 1 is 1.14 bits per heavy atom. The molecule has 0 bridgehead atoms. The summed E-state index contributed by atoms with van der Waals surface area (Å²) in [5.41, 5.74) is 1.93. The van der Waals surface area contributed by atoms with Crippen LogP contribution in [0.15, 0.2) is 27.8 Å². The molecule has 0 unspecified atom stereocenters. The third kappa shape index (κ3) is 4.78. The number of hydrogen-bond donors (Lipinski definition) is 1. The van der Waals surface area contributed by atoms with Gasteiger partial charge in [-0.3, -0.25) is 4.79 Å². The van der Waals surface area contributed by atoms with Crippen molar-refractivity contribution in [3.8, 4) is 0 Å². The summed E-state index contributed by atoms with van der Waals surface area (Å²) < 4.78 is 39.6. The van der Waals surface area contributed by atoms with Crippen molar-refractivity contribution >= 4 is 27.0 Å². The van der Waals surface area contributed by atoms with Crippen molar-refractivity contribution in [2.75, 3.05) is 5.75 Å². The summed E-state index contributed by atoms with van der Waals surface area (Å²) >= 11 is 1.04. The van der Waals surface area contributed by atoms with Crippen LogP contribution in [0.3, 0.4) is 0 Å². The SMILES string of the molecule is CC(C)c1cc(F)cc(C(C)C)c1CC(=O)CS(=O)(=O)c1cc(C2(O)CC2)cs1. The van der Waals surface area contributed by atoms with Crippen molar-refractivity contribution in [2.45, 2.75) is 68.6 Å². The van der Waals surface area contributed by atoms with Gasteiger partial charge in [-0.2, -0.15) is 0 Å². The molecule has 1 N–H and O–H groups in total. The molecule has 1 aliphatic carbocycles. The summed E-state index contributed by atoms with van der Waals surface area (Å²) in [7, 11) is -3.78. The standard InChI is InChI=1S/C22H27FO4S2/c1-13(2)18-8-16(23)9-19(14(3)4)20(18)10-17(24)12-29(26,27)21-7-15(11-28-21)22(25)5-6-22/h7-9,11,13-14,25H,5-6,10,12H2,1-4H3. The van der Waals surface area contributed by atoms with E-state index in [1.165, 1.54) is 18.2 Å². The molecule has 0 amide bonds. The Bertz CT molecular complexity index is 1000. The number of benzene rings is 1. The van der Waals surface area contributed by atoms with E-state index < -0.39 is 27.0 Å². The highest BCUT2D eigenvalue weighted by Crippen LogP contribution is 2.47. The van der Waals surface area contributed by atoms with Crippen LogP contribution in [0, 0.1) is 5.82 Å². The van der Waals surface area contributed by atoms with E-state index in [2.05, 4.69) is 0 Å². The van der Waals surface area contributed by atoms with E-state index in [1.54, 1.807) is 5.38 Å². The maximum absolute atomic E-state index is 14.1. The number of halogens is 1. The van der Waals surface area contributed by atoms with E-state index >= 15 is 0 Å². The molecule has 0 spiro atoms. The van der Waals surface area contributed by atoms with Crippen LogP contribution in [-0.2, 0) is 26.7 Å². The predicted molar refractivity (Wildman–Crippen MR) is 113 cm³/mol. The Labute approximate surface area is 175 Å². The molecule has 1 fully saturated rings. The first kappa shape index (κ1) is 22.1. The normalized spacial score (nSPS) is 15.9. The highest BCUT2D eigenvalue weighted by molar-refractivity contribution is 7.94. The fourth-order valence-corrected chi connectivity index (χ4v) is 6.18. The van der Waals surface area contributed by atoms with Crippen LogP contribution in [0.4, 0.5) is 4.39 Å². The fourth-order valence-electron chi connectivity index (χ4n) is 3.58. The average Bonchev–Trinajstić information content (AvgIpc) is 3.15. The molecule has 7 heteroatoms. The summed E-state index contributed by atoms with van der Waals surface area (Å²) in [5.74, 6) is -1.33. The average molecular weight is 439 g/mol. The van der Waals surface area contributed by atoms with Crippen LogP contribution < -0.4 is 0 Å². The number of ketones is 1. The second-order valence-electron chi connectivity index (χ2n) is 8.53. The third-order valence-electron chi connectivity index (χ3n) is 5.40. The number of carbonyl (C=O) groups is 1. The number of aliphatic hydroxyl groups is 1. The van der Waals surface area contributed by atoms with Crippen LogP contribution in [0.2, 0.25) is 0 Å². The molecular weight excluding hydrogens is 411 g/mol. The molecule has 1 heterocycles. The first-order valence-corrected chi connectivity index (χ1v) is 12.3. The van der Waals surface area contributed by atoms with Gasteiger partial charge in [0.05, 0.1) is 5.60 Å². The molecule has 0 atom stereocenters. The van der Waals surface area contributed by atoms with Gasteiger partial charge in [-0.15, -0.1) is 11.3 Å². The minimum Gasteiger partial charge on any atom is -0.385 e. The maximum atomic E-state index is 14.1. The molecule has 1 aliphatic rings. The lowest BCUT2D eigenvalue weighted by atomic mass is 9.86.